The minimum Gasteiger partial charge on any atom is -0.333 e. The number of hydrogen-bond acceptors (Lipinski definition) is 2. The third-order valence-corrected chi connectivity index (χ3v) is 2.64. The lowest BCUT2D eigenvalue weighted by Gasteiger charge is -2.21. The van der Waals surface area contributed by atoms with Crippen LogP contribution in [-0.2, 0) is 0 Å². The number of carbonyl (C=O) groups excluding carboxylic acids is 1. The van der Waals surface area contributed by atoms with Gasteiger partial charge in [0, 0.05) is 19.1 Å². The van der Waals surface area contributed by atoms with Crippen molar-refractivity contribution in [1.82, 2.24) is 10.2 Å². The molecule has 1 saturated heterocycles. The summed E-state index contributed by atoms with van der Waals surface area (Å²) in [7, 11) is 0. The average molecular weight is 185 g/mol. The summed E-state index contributed by atoms with van der Waals surface area (Å²) in [5, 5.41) is 2.95. The maximum atomic E-state index is 11.4. The fourth-order valence-corrected chi connectivity index (χ4v) is 1.47. The van der Waals surface area contributed by atoms with Crippen molar-refractivity contribution in [1.29, 1.82) is 0 Å². The number of amides is 2. The molecule has 4 nitrogen and oxygen atoms in total. The van der Waals surface area contributed by atoms with E-state index in [2.05, 4.69) is 19.2 Å². The van der Waals surface area contributed by atoms with Crippen molar-refractivity contribution >= 4 is 6.03 Å². The zero-order chi connectivity index (χ0) is 10.0. The molecule has 2 amide bonds. The molecule has 3 N–H and O–H groups in total. The molecule has 13 heavy (non-hydrogen) atoms. The minimum absolute atomic E-state index is 0.0247. The van der Waals surface area contributed by atoms with E-state index in [1.54, 1.807) is 0 Å². The number of nitrogens with zero attached hydrogens (tertiary/aromatic N) is 1. The van der Waals surface area contributed by atoms with Crippen LogP contribution in [0.25, 0.3) is 0 Å². The molecule has 0 bridgehead atoms. The Kier molecular flexibility index (Phi) is 3.14. The molecule has 0 aliphatic carbocycles. The Hall–Kier alpha value is -0.770. The molecule has 2 atom stereocenters. The van der Waals surface area contributed by atoms with Gasteiger partial charge in [-0.1, -0.05) is 13.8 Å². The molecular formula is C9H19N3O. The van der Waals surface area contributed by atoms with Crippen LogP contribution < -0.4 is 11.1 Å². The second-order valence-electron chi connectivity index (χ2n) is 4.04. The summed E-state index contributed by atoms with van der Waals surface area (Å²) in [5.41, 5.74) is 5.51. The first-order chi connectivity index (χ1) is 6.06. The van der Waals surface area contributed by atoms with Crippen molar-refractivity contribution in [2.45, 2.75) is 32.9 Å². The van der Waals surface area contributed by atoms with Crippen LogP contribution in [0.1, 0.15) is 20.8 Å². The second-order valence-corrected chi connectivity index (χ2v) is 4.04. The predicted molar refractivity (Wildman–Crippen MR) is 52.4 cm³/mol. The molecule has 1 fully saturated rings. The maximum absolute atomic E-state index is 11.4. The standard InChI is InChI=1S/C9H19N3O/c1-6(2)8-5-12(7(3)4-10)9(13)11-8/h6-8H,4-5,10H2,1-3H3,(H,11,13). The highest BCUT2D eigenvalue weighted by Gasteiger charge is 2.32. The minimum atomic E-state index is 0.0247. The van der Waals surface area contributed by atoms with Gasteiger partial charge >= 0.3 is 6.03 Å². The molecule has 0 saturated carbocycles. The first kappa shape index (κ1) is 10.3. The van der Waals surface area contributed by atoms with Crippen molar-refractivity contribution in [3.05, 3.63) is 0 Å². The van der Waals surface area contributed by atoms with Gasteiger partial charge in [-0.25, -0.2) is 4.79 Å². The van der Waals surface area contributed by atoms with Crippen LogP contribution in [0.5, 0.6) is 0 Å². The summed E-state index contributed by atoms with van der Waals surface area (Å²) in [6.45, 7) is 7.51. The third kappa shape index (κ3) is 2.12. The van der Waals surface area contributed by atoms with Crippen molar-refractivity contribution in [2.75, 3.05) is 13.1 Å². The van der Waals surface area contributed by atoms with E-state index < -0.39 is 0 Å². The van der Waals surface area contributed by atoms with Crippen LogP contribution in [-0.4, -0.2) is 36.1 Å². The van der Waals surface area contributed by atoms with E-state index in [1.165, 1.54) is 0 Å². The maximum Gasteiger partial charge on any atom is 0.318 e. The van der Waals surface area contributed by atoms with Crippen molar-refractivity contribution in [2.24, 2.45) is 11.7 Å². The molecular weight excluding hydrogens is 166 g/mol. The van der Waals surface area contributed by atoms with Gasteiger partial charge < -0.3 is 16.0 Å². The molecule has 1 aliphatic heterocycles. The first-order valence-electron chi connectivity index (χ1n) is 4.83. The van der Waals surface area contributed by atoms with Gasteiger partial charge in [0.05, 0.1) is 6.04 Å². The van der Waals surface area contributed by atoms with Gasteiger partial charge in [0.15, 0.2) is 0 Å². The molecule has 1 aliphatic rings. The lowest BCUT2D eigenvalue weighted by Crippen LogP contribution is -2.40. The molecule has 0 radical (unpaired) electrons. The predicted octanol–water partition coefficient (Wildman–Crippen LogP) is 0.383. The highest BCUT2D eigenvalue weighted by molar-refractivity contribution is 5.77. The SMILES string of the molecule is CC(C)C1CN(C(C)CN)C(=O)N1. The van der Waals surface area contributed by atoms with Gasteiger partial charge in [-0.3, -0.25) is 0 Å². The Balaban J connectivity index is 2.56. The summed E-state index contributed by atoms with van der Waals surface area (Å²) >= 11 is 0. The van der Waals surface area contributed by atoms with E-state index in [0.717, 1.165) is 6.54 Å². The largest absolute Gasteiger partial charge is 0.333 e. The number of nitrogens with one attached hydrogen (secondary N) is 1. The van der Waals surface area contributed by atoms with Crippen LogP contribution in [0.2, 0.25) is 0 Å². The van der Waals surface area contributed by atoms with E-state index in [4.69, 9.17) is 5.73 Å². The highest BCUT2D eigenvalue weighted by Crippen LogP contribution is 2.13. The summed E-state index contributed by atoms with van der Waals surface area (Å²) in [4.78, 5) is 13.3. The van der Waals surface area contributed by atoms with Crippen LogP contribution in [0.3, 0.4) is 0 Å². The second kappa shape index (κ2) is 3.96. The molecule has 0 aromatic carbocycles. The zero-order valence-electron chi connectivity index (χ0n) is 8.58. The Morgan fingerprint density at radius 3 is 2.62 bits per heavy atom. The summed E-state index contributed by atoms with van der Waals surface area (Å²) in [6.07, 6.45) is 0. The van der Waals surface area contributed by atoms with E-state index in [9.17, 15) is 4.79 Å². The summed E-state index contributed by atoms with van der Waals surface area (Å²) < 4.78 is 0. The third-order valence-electron chi connectivity index (χ3n) is 2.64. The van der Waals surface area contributed by atoms with Gasteiger partial charge in [-0.2, -0.15) is 0 Å². The Bertz CT molecular complexity index is 193. The van der Waals surface area contributed by atoms with Crippen LogP contribution in [0.4, 0.5) is 4.79 Å². The van der Waals surface area contributed by atoms with E-state index in [1.807, 2.05) is 11.8 Å². The number of urea groups is 1. The lowest BCUT2D eigenvalue weighted by atomic mass is 10.1. The Labute approximate surface area is 79.5 Å². The van der Waals surface area contributed by atoms with Gasteiger partial charge in [-0.05, 0) is 12.8 Å². The van der Waals surface area contributed by atoms with Crippen molar-refractivity contribution < 1.29 is 4.79 Å². The van der Waals surface area contributed by atoms with Gasteiger partial charge in [-0.15, -0.1) is 0 Å². The number of nitrogens with two attached hydrogens (primary N) is 1. The lowest BCUT2D eigenvalue weighted by molar-refractivity contribution is 0.203. The number of hydrogen-bond donors (Lipinski definition) is 2. The number of rotatable bonds is 3. The fourth-order valence-electron chi connectivity index (χ4n) is 1.47. The zero-order valence-corrected chi connectivity index (χ0v) is 8.58. The monoisotopic (exact) mass is 185 g/mol. The van der Waals surface area contributed by atoms with Crippen LogP contribution in [0, 0.1) is 5.92 Å². The number of carbonyl (C=O) groups is 1. The molecule has 0 spiro atoms. The van der Waals surface area contributed by atoms with Crippen LogP contribution in [0.15, 0.2) is 0 Å². The van der Waals surface area contributed by atoms with Crippen molar-refractivity contribution in [3.8, 4) is 0 Å². The normalized spacial score (nSPS) is 25.2. The molecule has 2 unspecified atom stereocenters. The molecule has 1 heterocycles. The van der Waals surface area contributed by atoms with Crippen LogP contribution >= 0.6 is 0 Å². The Morgan fingerprint density at radius 1 is 1.62 bits per heavy atom. The quantitative estimate of drug-likeness (QED) is 0.668. The van der Waals surface area contributed by atoms with E-state index in [-0.39, 0.29) is 18.1 Å². The highest BCUT2D eigenvalue weighted by atomic mass is 16.2. The van der Waals surface area contributed by atoms with Gasteiger partial charge in [0.25, 0.3) is 0 Å². The molecule has 4 heteroatoms. The Morgan fingerprint density at radius 2 is 2.23 bits per heavy atom. The molecule has 0 aromatic heterocycles. The smallest absolute Gasteiger partial charge is 0.318 e. The van der Waals surface area contributed by atoms with E-state index >= 15 is 0 Å². The fraction of sp³-hybridized carbons (Fsp3) is 0.889. The summed E-state index contributed by atoms with van der Waals surface area (Å²) in [6, 6.07) is 0.446. The molecule has 1 rings (SSSR count). The van der Waals surface area contributed by atoms with E-state index in [0.29, 0.717) is 12.5 Å². The van der Waals surface area contributed by atoms with Gasteiger partial charge in [0.1, 0.15) is 0 Å². The van der Waals surface area contributed by atoms with Crippen molar-refractivity contribution in [3.63, 3.8) is 0 Å². The first-order valence-corrected chi connectivity index (χ1v) is 4.83. The molecule has 0 aromatic rings. The topological polar surface area (TPSA) is 58.4 Å². The average Bonchev–Trinajstić information content (AvgIpc) is 2.46. The van der Waals surface area contributed by atoms with Gasteiger partial charge in [0.2, 0.25) is 0 Å². The molecule has 76 valence electrons. The summed E-state index contributed by atoms with van der Waals surface area (Å²) in [5.74, 6) is 0.485.